The molecule has 0 saturated carbocycles. The largest absolute Gasteiger partial charge is 0.435 e. The second kappa shape index (κ2) is 5.72. The van der Waals surface area contributed by atoms with E-state index in [1.54, 1.807) is 12.1 Å². The lowest BCUT2D eigenvalue weighted by atomic mass is 9.85. The Balaban J connectivity index is 1.74. The predicted octanol–water partition coefficient (Wildman–Crippen LogP) is 3.34. The van der Waals surface area contributed by atoms with Gasteiger partial charge in [0.2, 0.25) is 0 Å². The van der Waals surface area contributed by atoms with Gasteiger partial charge in [0.05, 0.1) is 0 Å². The van der Waals surface area contributed by atoms with Crippen molar-refractivity contribution in [3.8, 4) is 5.75 Å². The van der Waals surface area contributed by atoms with Crippen molar-refractivity contribution in [2.75, 3.05) is 7.05 Å². The molecule has 1 aromatic carbocycles. The van der Waals surface area contributed by atoms with Gasteiger partial charge in [-0.15, -0.1) is 0 Å². The zero-order valence-corrected chi connectivity index (χ0v) is 12.0. The maximum absolute atomic E-state index is 12.6. The van der Waals surface area contributed by atoms with Gasteiger partial charge in [0.1, 0.15) is 5.75 Å². The Hall–Kier alpha value is -1.49. The number of carbonyl (C=O) groups is 1. The molecule has 1 aromatic rings. The Bertz CT molecular complexity index is 521. The number of nitrogens with zero attached hydrogens (tertiary/aromatic N) is 1. The maximum Gasteiger partial charge on any atom is 0.387 e. The second-order valence-electron chi connectivity index (χ2n) is 5.99. The van der Waals surface area contributed by atoms with Gasteiger partial charge in [-0.2, -0.15) is 8.78 Å². The molecular formula is C16H19F2NO2. The van der Waals surface area contributed by atoms with Crippen molar-refractivity contribution >= 4 is 5.78 Å². The van der Waals surface area contributed by atoms with Crippen LogP contribution in [0.25, 0.3) is 0 Å². The molecule has 2 aliphatic rings. The molecule has 3 rings (SSSR count). The number of hydrogen-bond donors (Lipinski definition) is 0. The van der Waals surface area contributed by atoms with Gasteiger partial charge in [-0.05, 0) is 44.9 Å². The molecule has 114 valence electrons. The van der Waals surface area contributed by atoms with Gasteiger partial charge in [0.15, 0.2) is 5.78 Å². The van der Waals surface area contributed by atoms with Gasteiger partial charge in [0, 0.05) is 23.6 Å². The summed E-state index contributed by atoms with van der Waals surface area (Å²) >= 11 is 0. The van der Waals surface area contributed by atoms with E-state index in [-0.39, 0.29) is 17.5 Å². The summed E-state index contributed by atoms with van der Waals surface area (Å²) in [6.45, 7) is -2.87. The van der Waals surface area contributed by atoms with Crippen molar-refractivity contribution in [1.29, 1.82) is 0 Å². The van der Waals surface area contributed by atoms with Crippen LogP contribution in [0.15, 0.2) is 24.3 Å². The van der Waals surface area contributed by atoms with Gasteiger partial charge in [0.25, 0.3) is 0 Å². The summed E-state index contributed by atoms with van der Waals surface area (Å²) in [5.74, 6) is 0.104. The molecule has 2 heterocycles. The Morgan fingerprint density at radius 3 is 2.57 bits per heavy atom. The van der Waals surface area contributed by atoms with Crippen molar-refractivity contribution in [1.82, 2.24) is 4.90 Å². The fraction of sp³-hybridized carbons (Fsp3) is 0.562. The number of ketones is 1. The zero-order valence-electron chi connectivity index (χ0n) is 12.0. The third-order valence-electron chi connectivity index (χ3n) is 4.81. The highest BCUT2D eigenvalue weighted by Crippen LogP contribution is 2.38. The zero-order chi connectivity index (χ0) is 15.0. The van der Waals surface area contributed by atoms with Gasteiger partial charge in [-0.25, -0.2) is 0 Å². The van der Waals surface area contributed by atoms with Crippen LogP contribution >= 0.6 is 0 Å². The quantitative estimate of drug-likeness (QED) is 0.798. The molecule has 2 saturated heterocycles. The smallest absolute Gasteiger partial charge is 0.387 e. The Kier molecular flexibility index (Phi) is 3.93. The molecule has 2 bridgehead atoms. The molecular weight excluding hydrogens is 276 g/mol. The summed E-state index contributed by atoms with van der Waals surface area (Å²) in [5.41, 5.74) is 0.474. The molecule has 0 aliphatic carbocycles. The molecule has 2 unspecified atom stereocenters. The van der Waals surface area contributed by atoms with E-state index in [1.807, 2.05) is 0 Å². The Labute approximate surface area is 122 Å². The third kappa shape index (κ3) is 2.93. The van der Waals surface area contributed by atoms with Crippen molar-refractivity contribution in [3.63, 3.8) is 0 Å². The average molecular weight is 295 g/mol. The van der Waals surface area contributed by atoms with Gasteiger partial charge in [-0.3, -0.25) is 4.79 Å². The van der Waals surface area contributed by atoms with Crippen LogP contribution < -0.4 is 4.74 Å². The minimum atomic E-state index is -2.87. The van der Waals surface area contributed by atoms with Gasteiger partial charge in [-0.1, -0.05) is 12.1 Å². The summed E-state index contributed by atoms with van der Waals surface area (Å²) in [6, 6.07) is 7.11. The number of piperidine rings is 1. The number of ether oxygens (including phenoxy) is 1. The maximum atomic E-state index is 12.6. The summed E-state index contributed by atoms with van der Waals surface area (Å²) < 4.78 is 28.9. The number of carbonyl (C=O) groups excluding carboxylic acids is 1. The van der Waals surface area contributed by atoms with Crippen LogP contribution in [0.2, 0.25) is 0 Å². The normalized spacial score (nSPS) is 28.9. The highest BCUT2D eigenvalue weighted by Gasteiger charge is 2.40. The van der Waals surface area contributed by atoms with E-state index in [9.17, 15) is 13.6 Å². The molecule has 2 fully saturated rings. The number of Topliss-reactive ketones (excluding diaryl/α,β-unsaturated/α-hetero) is 1. The molecule has 0 spiro atoms. The summed E-state index contributed by atoms with van der Waals surface area (Å²) in [7, 11) is 2.13. The van der Waals surface area contributed by atoms with E-state index >= 15 is 0 Å². The van der Waals surface area contributed by atoms with Crippen molar-refractivity contribution in [3.05, 3.63) is 29.8 Å². The van der Waals surface area contributed by atoms with Crippen molar-refractivity contribution in [2.24, 2.45) is 5.92 Å². The van der Waals surface area contributed by atoms with Crippen LogP contribution in [-0.4, -0.2) is 36.4 Å². The topological polar surface area (TPSA) is 29.5 Å². The molecule has 0 radical (unpaired) electrons. The summed E-state index contributed by atoms with van der Waals surface area (Å²) in [5, 5.41) is 0. The SMILES string of the molecule is CN1C2CCC1CC(C(=O)c1cccc(OC(F)F)c1)C2. The average Bonchev–Trinajstić information content (AvgIpc) is 2.67. The minimum absolute atomic E-state index is 0.000463. The molecule has 0 aromatic heterocycles. The molecule has 2 atom stereocenters. The van der Waals surface area contributed by atoms with E-state index in [0.29, 0.717) is 17.6 Å². The van der Waals surface area contributed by atoms with E-state index in [4.69, 9.17) is 0 Å². The molecule has 3 nitrogen and oxygen atoms in total. The van der Waals surface area contributed by atoms with Gasteiger partial charge < -0.3 is 9.64 Å². The Morgan fingerprint density at radius 2 is 1.95 bits per heavy atom. The number of benzene rings is 1. The predicted molar refractivity (Wildman–Crippen MR) is 74.7 cm³/mol. The number of alkyl halides is 2. The van der Waals surface area contributed by atoms with Crippen molar-refractivity contribution < 1.29 is 18.3 Å². The first-order valence-electron chi connectivity index (χ1n) is 7.35. The lowest BCUT2D eigenvalue weighted by Gasteiger charge is -2.35. The van der Waals surface area contributed by atoms with E-state index in [1.165, 1.54) is 12.1 Å². The lowest BCUT2D eigenvalue weighted by Crippen LogP contribution is -2.42. The first-order valence-corrected chi connectivity index (χ1v) is 7.35. The van der Waals surface area contributed by atoms with E-state index in [0.717, 1.165) is 25.7 Å². The third-order valence-corrected chi connectivity index (χ3v) is 4.81. The number of halogens is 2. The van der Waals surface area contributed by atoms with Gasteiger partial charge >= 0.3 is 6.61 Å². The van der Waals surface area contributed by atoms with Crippen molar-refractivity contribution in [2.45, 2.75) is 44.4 Å². The summed E-state index contributed by atoms with van der Waals surface area (Å²) in [4.78, 5) is 15.0. The molecule has 2 aliphatic heterocycles. The fourth-order valence-electron chi connectivity index (χ4n) is 3.69. The molecule has 21 heavy (non-hydrogen) atoms. The first-order chi connectivity index (χ1) is 10.0. The number of hydrogen-bond acceptors (Lipinski definition) is 3. The van der Waals surface area contributed by atoms with Crippen LogP contribution in [0.1, 0.15) is 36.0 Å². The fourth-order valence-corrected chi connectivity index (χ4v) is 3.69. The highest BCUT2D eigenvalue weighted by atomic mass is 19.3. The van der Waals surface area contributed by atoms with Crippen LogP contribution in [0, 0.1) is 5.92 Å². The molecule has 5 heteroatoms. The van der Waals surface area contributed by atoms with E-state index in [2.05, 4.69) is 16.7 Å². The highest BCUT2D eigenvalue weighted by molar-refractivity contribution is 5.98. The Morgan fingerprint density at radius 1 is 1.29 bits per heavy atom. The standard InChI is InChI=1S/C16H19F2NO2/c1-19-12-5-6-13(19)8-11(7-12)15(20)10-3-2-4-14(9-10)21-16(17)18/h2-4,9,11-13,16H,5-8H2,1H3. The number of fused-ring (bicyclic) bond motifs is 2. The number of rotatable bonds is 4. The first kappa shape index (κ1) is 14.4. The van der Waals surface area contributed by atoms with Crippen LogP contribution in [0.5, 0.6) is 5.75 Å². The van der Waals surface area contributed by atoms with E-state index < -0.39 is 6.61 Å². The minimum Gasteiger partial charge on any atom is -0.435 e. The monoisotopic (exact) mass is 295 g/mol. The second-order valence-corrected chi connectivity index (χ2v) is 5.99. The molecule has 0 amide bonds. The van der Waals surface area contributed by atoms with Crippen LogP contribution in [0.3, 0.4) is 0 Å². The molecule has 0 N–H and O–H groups in total. The van der Waals surface area contributed by atoms with Crippen LogP contribution in [-0.2, 0) is 0 Å². The lowest BCUT2D eigenvalue weighted by molar-refractivity contribution is -0.0498. The summed E-state index contributed by atoms with van der Waals surface area (Å²) in [6.07, 6.45) is 4.04. The van der Waals surface area contributed by atoms with Crippen LogP contribution in [0.4, 0.5) is 8.78 Å².